The Morgan fingerprint density at radius 2 is 1.96 bits per heavy atom. The topological polar surface area (TPSA) is 61.4 Å². The zero-order valence-corrected chi connectivity index (χ0v) is 17.5. The lowest BCUT2D eigenvalue weighted by atomic mass is 9.67. The number of nitrogens with one attached hydrogen (secondary N) is 2. The first-order valence-corrected chi connectivity index (χ1v) is 9.84. The van der Waals surface area contributed by atoms with Crippen LogP contribution in [0.5, 0.6) is 0 Å². The fraction of sp³-hybridized carbons (Fsp3) is 0.619. The smallest absolute Gasteiger partial charge is 0.244 e. The van der Waals surface area contributed by atoms with Crippen LogP contribution < -0.4 is 10.6 Å². The molecule has 150 valence electrons. The van der Waals surface area contributed by atoms with Gasteiger partial charge in [0.2, 0.25) is 11.8 Å². The number of aryl methyl sites for hydroxylation is 2. The van der Waals surface area contributed by atoms with Crippen LogP contribution in [0.15, 0.2) is 18.2 Å². The van der Waals surface area contributed by atoms with Crippen molar-refractivity contribution in [2.45, 2.75) is 46.5 Å². The third-order valence-electron chi connectivity index (χ3n) is 6.21. The van der Waals surface area contributed by atoms with E-state index in [0.29, 0.717) is 12.5 Å². The number of rotatable bonds is 5. The van der Waals surface area contributed by atoms with Crippen molar-refractivity contribution in [3.8, 4) is 0 Å². The van der Waals surface area contributed by atoms with E-state index in [0.717, 1.165) is 49.2 Å². The quantitative estimate of drug-likeness (QED) is 0.806. The molecule has 1 saturated carbocycles. The zero-order chi connectivity index (χ0) is 18.7. The lowest BCUT2D eigenvalue weighted by Gasteiger charge is -2.40. The van der Waals surface area contributed by atoms with Crippen LogP contribution in [0, 0.1) is 25.2 Å². The number of halogens is 1. The van der Waals surface area contributed by atoms with Crippen LogP contribution in [0.1, 0.15) is 43.7 Å². The van der Waals surface area contributed by atoms with Gasteiger partial charge in [0, 0.05) is 18.8 Å². The van der Waals surface area contributed by atoms with Gasteiger partial charge >= 0.3 is 0 Å². The normalized spacial score (nSPS) is 23.9. The first kappa shape index (κ1) is 21.7. The van der Waals surface area contributed by atoms with E-state index in [9.17, 15) is 9.59 Å². The number of para-hydroxylation sites is 1. The van der Waals surface area contributed by atoms with Gasteiger partial charge in [-0.05, 0) is 57.2 Å². The summed E-state index contributed by atoms with van der Waals surface area (Å²) < 4.78 is 0. The molecule has 3 rings (SSSR count). The summed E-state index contributed by atoms with van der Waals surface area (Å²) >= 11 is 0. The molecule has 0 spiro atoms. The predicted octanol–water partition coefficient (Wildman–Crippen LogP) is 3.29. The Kier molecular flexibility index (Phi) is 7.29. The van der Waals surface area contributed by atoms with Crippen LogP contribution in [0.25, 0.3) is 0 Å². The summed E-state index contributed by atoms with van der Waals surface area (Å²) in [5, 5.41) is 6.44. The minimum Gasteiger partial charge on any atom is -0.333 e. The number of carbonyl (C=O) groups is 2. The monoisotopic (exact) mass is 393 g/mol. The number of hydrogen-bond donors (Lipinski definition) is 2. The van der Waals surface area contributed by atoms with Crippen molar-refractivity contribution in [1.82, 2.24) is 10.2 Å². The maximum atomic E-state index is 13.4. The maximum Gasteiger partial charge on any atom is 0.244 e. The van der Waals surface area contributed by atoms with E-state index >= 15 is 0 Å². The number of amides is 2. The summed E-state index contributed by atoms with van der Waals surface area (Å²) in [7, 11) is 0. The summed E-state index contributed by atoms with van der Waals surface area (Å²) in [6.45, 7) is 8.30. The number of carbonyl (C=O) groups excluding carboxylic acids is 2. The highest BCUT2D eigenvalue weighted by atomic mass is 35.5. The third kappa shape index (κ3) is 4.30. The summed E-state index contributed by atoms with van der Waals surface area (Å²) in [6.07, 6.45) is 4.38. The number of hydrogen-bond acceptors (Lipinski definition) is 3. The Morgan fingerprint density at radius 1 is 1.26 bits per heavy atom. The fourth-order valence-corrected chi connectivity index (χ4v) is 4.67. The van der Waals surface area contributed by atoms with Gasteiger partial charge in [0.25, 0.3) is 0 Å². The van der Waals surface area contributed by atoms with E-state index in [2.05, 4.69) is 10.6 Å². The van der Waals surface area contributed by atoms with Crippen LogP contribution in [0.3, 0.4) is 0 Å². The minimum atomic E-state index is -0.298. The van der Waals surface area contributed by atoms with E-state index in [1.165, 1.54) is 6.42 Å². The molecule has 1 aromatic carbocycles. The Hall–Kier alpha value is -1.59. The predicted molar refractivity (Wildman–Crippen MR) is 111 cm³/mol. The maximum absolute atomic E-state index is 13.4. The van der Waals surface area contributed by atoms with Crippen LogP contribution in [0.2, 0.25) is 0 Å². The molecular weight excluding hydrogens is 362 g/mol. The molecule has 1 heterocycles. The minimum absolute atomic E-state index is 0. The Balaban J connectivity index is 0.00000261. The number of anilines is 1. The highest BCUT2D eigenvalue weighted by Crippen LogP contribution is 2.45. The van der Waals surface area contributed by atoms with Gasteiger partial charge in [-0.1, -0.05) is 31.0 Å². The van der Waals surface area contributed by atoms with Crippen molar-refractivity contribution in [3.05, 3.63) is 29.3 Å². The van der Waals surface area contributed by atoms with E-state index in [1.807, 2.05) is 39.0 Å². The lowest BCUT2D eigenvalue weighted by Crippen LogP contribution is -2.51. The molecule has 1 saturated heterocycles. The van der Waals surface area contributed by atoms with Gasteiger partial charge in [0.15, 0.2) is 0 Å². The lowest BCUT2D eigenvalue weighted by molar-refractivity contribution is -0.147. The molecule has 1 aliphatic carbocycles. The van der Waals surface area contributed by atoms with Gasteiger partial charge in [-0.25, -0.2) is 0 Å². The SMILES string of the molecule is CCN(CC(=O)Nc1c(C)cccc1C)C(=O)[C@@]12CCCC[C@H]1CNC2.Cl. The van der Waals surface area contributed by atoms with Gasteiger partial charge in [-0.3, -0.25) is 9.59 Å². The summed E-state index contributed by atoms with van der Waals surface area (Å²) in [4.78, 5) is 27.7. The highest BCUT2D eigenvalue weighted by Gasteiger charge is 2.51. The number of likely N-dealkylation sites (N-methyl/N-ethyl adjacent to an activating group) is 1. The molecule has 2 amide bonds. The van der Waals surface area contributed by atoms with E-state index in [4.69, 9.17) is 0 Å². The second-order valence-corrected chi connectivity index (χ2v) is 7.86. The summed E-state index contributed by atoms with van der Waals surface area (Å²) in [5.74, 6) is 0.457. The van der Waals surface area contributed by atoms with Gasteiger partial charge in [0.05, 0.1) is 12.0 Å². The Bertz CT molecular complexity index is 674. The van der Waals surface area contributed by atoms with Gasteiger partial charge in [-0.15, -0.1) is 12.4 Å². The van der Waals surface area contributed by atoms with Crippen molar-refractivity contribution >= 4 is 29.9 Å². The Labute approximate surface area is 168 Å². The highest BCUT2D eigenvalue weighted by molar-refractivity contribution is 5.96. The van der Waals surface area contributed by atoms with Crippen molar-refractivity contribution in [3.63, 3.8) is 0 Å². The second kappa shape index (κ2) is 9.07. The number of fused-ring (bicyclic) bond motifs is 1. The molecule has 2 fully saturated rings. The molecule has 0 aromatic heterocycles. The first-order valence-electron chi connectivity index (χ1n) is 9.84. The van der Waals surface area contributed by atoms with E-state index < -0.39 is 0 Å². The number of nitrogens with zero attached hydrogens (tertiary/aromatic N) is 1. The third-order valence-corrected chi connectivity index (χ3v) is 6.21. The molecule has 0 radical (unpaired) electrons. The summed E-state index contributed by atoms with van der Waals surface area (Å²) in [6, 6.07) is 5.96. The molecular formula is C21H32ClN3O2. The largest absolute Gasteiger partial charge is 0.333 e. The average molecular weight is 394 g/mol. The fourth-order valence-electron chi connectivity index (χ4n) is 4.67. The van der Waals surface area contributed by atoms with Crippen LogP contribution in [0.4, 0.5) is 5.69 Å². The van der Waals surface area contributed by atoms with Crippen molar-refractivity contribution < 1.29 is 9.59 Å². The van der Waals surface area contributed by atoms with Gasteiger partial charge in [-0.2, -0.15) is 0 Å². The molecule has 2 N–H and O–H groups in total. The molecule has 2 aliphatic rings. The molecule has 6 heteroatoms. The van der Waals surface area contributed by atoms with Gasteiger partial charge in [0.1, 0.15) is 0 Å². The van der Waals surface area contributed by atoms with E-state index in [1.54, 1.807) is 4.90 Å². The molecule has 1 aliphatic heterocycles. The average Bonchev–Trinajstić information content (AvgIpc) is 3.07. The van der Waals surface area contributed by atoms with Crippen molar-refractivity contribution in [1.29, 1.82) is 0 Å². The van der Waals surface area contributed by atoms with Crippen LogP contribution in [-0.2, 0) is 9.59 Å². The Morgan fingerprint density at radius 3 is 2.63 bits per heavy atom. The number of benzene rings is 1. The standard InChI is InChI=1S/C21H31N3O2.ClH/c1-4-24(13-18(25)23-19-15(2)8-7-9-16(19)3)20(26)21-11-6-5-10-17(21)12-22-14-21;/h7-9,17,22H,4-6,10-14H2,1-3H3,(H,23,25);1H/t17-,21+;/m0./s1. The molecule has 27 heavy (non-hydrogen) atoms. The van der Waals surface area contributed by atoms with Crippen LogP contribution in [-0.4, -0.2) is 42.9 Å². The molecule has 1 aromatic rings. The van der Waals surface area contributed by atoms with Gasteiger partial charge < -0.3 is 15.5 Å². The first-order chi connectivity index (χ1) is 12.5. The molecule has 0 unspecified atom stereocenters. The van der Waals surface area contributed by atoms with Crippen molar-refractivity contribution in [2.75, 3.05) is 31.5 Å². The molecule has 0 bridgehead atoms. The zero-order valence-electron chi connectivity index (χ0n) is 16.6. The molecule has 2 atom stereocenters. The molecule has 5 nitrogen and oxygen atoms in total. The van der Waals surface area contributed by atoms with Crippen molar-refractivity contribution in [2.24, 2.45) is 11.3 Å². The van der Waals surface area contributed by atoms with Crippen LogP contribution >= 0.6 is 12.4 Å². The van der Waals surface area contributed by atoms with E-state index in [-0.39, 0.29) is 36.2 Å². The summed E-state index contributed by atoms with van der Waals surface area (Å²) in [5.41, 5.74) is 2.64. The second-order valence-electron chi connectivity index (χ2n) is 7.86.